The summed E-state index contributed by atoms with van der Waals surface area (Å²) in [6.07, 6.45) is 5.17. The normalized spacial score (nSPS) is 27.6. The van der Waals surface area contributed by atoms with Gasteiger partial charge in [-0.25, -0.2) is 0 Å². The van der Waals surface area contributed by atoms with Gasteiger partial charge in [-0.3, -0.25) is 14.6 Å². The lowest BCUT2D eigenvalue weighted by Crippen LogP contribution is -2.38. The molecule has 2 unspecified atom stereocenters. The second-order valence-electron chi connectivity index (χ2n) is 5.26. The van der Waals surface area contributed by atoms with Crippen molar-refractivity contribution in [1.29, 1.82) is 0 Å². The highest BCUT2D eigenvalue weighted by atomic mass is 16.5. The zero-order valence-corrected chi connectivity index (χ0v) is 11.5. The molecular formula is C13H21N3O3. The highest BCUT2D eigenvalue weighted by Gasteiger charge is 2.29. The van der Waals surface area contributed by atoms with Crippen molar-refractivity contribution < 1.29 is 14.3 Å². The Bertz CT molecular complexity index is 395. The predicted octanol–water partition coefficient (Wildman–Crippen LogP) is 1.02. The van der Waals surface area contributed by atoms with Crippen molar-refractivity contribution in [2.45, 2.75) is 57.5 Å². The molecule has 0 spiro atoms. The van der Waals surface area contributed by atoms with Crippen LogP contribution in [0.5, 0.6) is 0 Å². The first-order valence-electron chi connectivity index (χ1n) is 6.82. The van der Waals surface area contributed by atoms with Gasteiger partial charge in [0.1, 0.15) is 0 Å². The predicted molar refractivity (Wildman–Crippen MR) is 70.4 cm³/mol. The van der Waals surface area contributed by atoms with Crippen LogP contribution in [0.4, 0.5) is 0 Å². The molecular weight excluding hydrogens is 246 g/mol. The van der Waals surface area contributed by atoms with E-state index in [9.17, 15) is 9.59 Å². The lowest BCUT2D eigenvalue weighted by atomic mass is 10.0. The number of hydrogen-bond acceptors (Lipinski definition) is 5. The van der Waals surface area contributed by atoms with E-state index in [1.54, 1.807) is 0 Å². The van der Waals surface area contributed by atoms with Gasteiger partial charge < -0.3 is 10.1 Å². The van der Waals surface area contributed by atoms with Crippen LogP contribution in [0.1, 0.15) is 45.4 Å². The number of hydrogen-bond donors (Lipinski definition) is 1. The van der Waals surface area contributed by atoms with Crippen molar-refractivity contribution in [2.75, 3.05) is 7.05 Å². The van der Waals surface area contributed by atoms with Crippen LogP contribution >= 0.6 is 0 Å². The maximum atomic E-state index is 11.5. The lowest BCUT2D eigenvalue weighted by molar-refractivity contribution is -0.133. The zero-order chi connectivity index (χ0) is 13.8. The summed E-state index contributed by atoms with van der Waals surface area (Å²) in [5, 5.41) is 9.10. The first-order valence-corrected chi connectivity index (χ1v) is 6.82. The largest absolute Gasteiger partial charge is 0.410 e. The summed E-state index contributed by atoms with van der Waals surface area (Å²) in [4.78, 5) is 22.4. The Labute approximate surface area is 113 Å². The third kappa shape index (κ3) is 3.94. The van der Waals surface area contributed by atoms with Crippen LogP contribution in [0.3, 0.4) is 0 Å². The van der Waals surface area contributed by atoms with Gasteiger partial charge in [0.25, 0.3) is 0 Å². The van der Waals surface area contributed by atoms with E-state index in [-0.39, 0.29) is 24.0 Å². The smallest absolute Gasteiger partial charge is 0.309 e. The van der Waals surface area contributed by atoms with Gasteiger partial charge in [-0.15, -0.1) is 5.10 Å². The van der Waals surface area contributed by atoms with Crippen molar-refractivity contribution in [3.8, 4) is 0 Å². The number of carbonyl (C=O) groups excluding carboxylic acids is 2. The molecule has 0 saturated carbocycles. The van der Waals surface area contributed by atoms with E-state index >= 15 is 0 Å². The molecule has 1 fully saturated rings. The second-order valence-corrected chi connectivity index (χ2v) is 5.26. The van der Waals surface area contributed by atoms with E-state index in [2.05, 4.69) is 10.4 Å². The maximum Gasteiger partial charge on any atom is 0.309 e. The van der Waals surface area contributed by atoms with Crippen molar-refractivity contribution in [3.05, 3.63) is 0 Å². The molecule has 0 bridgehead atoms. The molecule has 2 aliphatic rings. The summed E-state index contributed by atoms with van der Waals surface area (Å²) < 4.78 is 5.03. The second kappa shape index (κ2) is 6.04. The van der Waals surface area contributed by atoms with Crippen LogP contribution < -0.4 is 5.32 Å². The van der Waals surface area contributed by atoms with Crippen molar-refractivity contribution >= 4 is 17.8 Å². The molecule has 106 valence electrons. The molecule has 0 aromatic carbocycles. The molecule has 1 amide bonds. The number of rotatable bonds is 2. The molecule has 6 heteroatoms. The van der Waals surface area contributed by atoms with Crippen LogP contribution in [0.15, 0.2) is 5.10 Å². The quantitative estimate of drug-likeness (QED) is 0.758. The first kappa shape index (κ1) is 13.8. The van der Waals surface area contributed by atoms with Crippen molar-refractivity contribution in [2.24, 2.45) is 5.10 Å². The van der Waals surface area contributed by atoms with E-state index < -0.39 is 0 Å². The summed E-state index contributed by atoms with van der Waals surface area (Å²) >= 11 is 0. The summed E-state index contributed by atoms with van der Waals surface area (Å²) in [5.41, 5.74) is 0. The van der Waals surface area contributed by atoms with Gasteiger partial charge in [-0.05, 0) is 19.3 Å². The average molecular weight is 267 g/mol. The summed E-state index contributed by atoms with van der Waals surface area (Å²) in [6, 6.07) is 0.395. The third-order valence-corrected chi connectivity index (χ3v) is 3.60. The molecule has 0 aliphatic carbocycles. The SMILES string of the molecule is CC(=O)OC1=NN(C)C(CC2CCCCC(=O)N2)C1. The molecule has 0 aromatic rings. The Hall–Kier alpha value is -1.59. The van der Waals surface area contributed by atoms with E-state index in [4.69, 9.17) is 4.74 Å². The van der Waals surface area contributed by atoms with Gasteiger partial charge in [0.2, 0.25) is 11.8 Å². The molecule has 1 saturated heterocycles. The third-order valence-electron chi connectivity index (χ3n) is 3.60. The first-order chi connectivity index (χ1) is 9.04. The van der Waals surface area contributed by atoms with Crippen LogP contribution in [-0.4, -0.2) is 41.9 Å². The minimum absolute atomic E-state index is 0.143. The number of carbonyl (C=O) groups is 2. The Kier molecular flexibility index (Phi) is 4.39. The van der Waals surface area contributed by atoms with Crippen LogP contribution in [0.25, 0.3) is 0 Å². The average Bonchev–Trinajstić information content (AvgIpc) is 2.52. The Morgan fingerprint density at radius 3 is 3.05 bits per heavy atom. The van der Waals surface area contributed by atoms with Gasteiger partial charge >= 0.3 is 5.97 Å². The van der Waals surface area contributed by atoms with E-state index in [0.29, 0.717) is 18.7 Å². The number of nitrogens with zero attached hydrogens (tertiary/aromatic N) is 2. The number of nitrogens with one attached hydrogen (secondary N) is 1. The van der Waals surface area contributed by atoms with Crippen LogP contribution in [0, 0.1) is 0 Å². The lowest BCUT2D eigenvalue weighted by Gasteiger charge is -2.24. The molecule has 2 atom stereocenters. The van der Waals surface area contributed by atoms with Gasteiger partial charge in [0, 0.05) is 32.9 Å². The summed E-state index contributed by atoms with van der Waals surface area (Å²) in [5.74, 6) is 0.278. The van der Waals surface area contributed by atoms with Gasteiger partial charge in [0.05, 0.1) is 6.04 Å². The fourth-order valence-electron chi connectivity index (χ4n) is 2.65. The fourth-order valence-corrected chi connectivity index (χ4v) is 2.65. The molecule has 2 heterocycles. The number of hydrazone groups is 1. The highest BCUT2D eigenvalue weighted by molar-refractivity contribution is 5.88. The van der Waals surface area contributed by atoms with E-state index in [1.807, 2.05) is 12.1 Å². The molecule has 0 radical (unpaired) electrons. The topological polar surface area (TPSA) is 71.0 Å². The van der Waals surface area contributed by atoms with Crippen LogP contribution in [0.2, 0.25) is 0 Å². The van der Waals surface area contributed by atoms with Crippen molar-refractivity contribution in [1.82, 2.24) is 10.3 Å². The number of amides is 1. The van der Waals surface area contributed by atoms with Gasteiger partial charge in [-0.1, -0.05) is 6.42 Å². The number of ether oxygens (including phenoxy) is 1. The number of esters is 1. The summed E-state index contributed by atoms with van der Waals surface area (Å²) in [6.45, 7) is 1.38. The van der Waals surface area contributed by atoms with Gasteiger partial charge in [-0.2, -0.15) is 0 Å². The maximum absolute atomic E-state index is 11.5. The monoisotopic (exact) mass is 267 g/mol. The molecule has 2 rings (SSSR count). The Morgan fingerprint density at radius 1 is 1.53 bits per heavy atom. The van der Waals surface area contributed by atoms with Crippen LogP contribution in [-0.2, 0) is 14.3 Å². The minimum Gasteiger partial charge on any atom is -0.410 e. The minimum atomic E-state index is -0.337. The van der Waals surface area contributed by atoms with Gasteiger partial charge in [0.15, 0.2) is 0 Å². The van der Waals surface area contributed by atoms with Crippen molar-refractivity contribution in [3.63, 3.8) is 0 Å². The highest BCUT2D eigenvalue weighted by Crippen LogP contribution is 2.22. The molecule has 19 heavy (non-hydrogen) atoms. The van der Waals surface area contributed by atoms with E-state index in [0.717, 1.165) is 25.7 Å². The standard InChI is InChI=1S/C13H21N3O3/c1-9(17)19-13-8-11(16(2)15-13)7-10-5-3-4-6-12(18)14-10/h10-11H,3-8H2,1-2H3,(H,14,18). The molecule has 1 N–H and O–H groups in total. The Balaban J connectivity index is 1.86. The van der Waals surface area contributed by atoms with E-state index in [1.165, 1.54) is 6.92 Å². The Morgan fingerprint density at radius 2 is 2.32 bits per heavy atom. The molecule has 0 aromatic heterocycles. The zero-order valence-electron chi connectivity index (χ0n) is 11.5. The molecule has 2 aliphatic heterocycles. The molecule has 6 nitrogen and oxygen atoms in total. The fraction of sp³-hybridized carbons (Fsp3) is 0.769. The summed E-state index contributed by atoms with van der Waals surface area (Å²) in [7, 11) is 1.87.